The predicted molar refractivity (Wildman–Crippen MR) is 136 cm³/mol. The number of ether oxygens (including phenoxy) is 2. The minimum absolute atomic E-state index is 0.0598. The van der Waals surface area contributed by atoms with E-state index >= 15 is 0 Å². The van der Waals surface area contributed by atoms with E-state index in [1.165, 1.54) is 13.8 Å². The number of benzene rings is 1. The summed E-state index contributed by atoms with van der Waals surface area (Å²) in [4.78, 5) is 36.1. The number of carbonyl (C=O) groups is 3. The minimum Gasteiger partial charge on any atom is -0.462 e. The largest absolute Gasteiger partial charge is 0.462 e. The maximum Gasteiger partial charge on any atom is 0.303 e. The van der Waals surface area contributed by atoms with Crippen LogP contribution in [0.2, 0.25) is 0 Å². The average Bonchev–Trinajstić information content (AvgIpc) is 2.75. The smallest absolute Gasteiger partial charge is 0.303 e. The Labute approximate surface area is 214 Å². The van der Waals surface area contributed by atoms with Crippen LogP contribution in [0.1, 0.15) is 71.1 Å². The van der Waals surface area contributed by atoms with Gasteiger partial charge >= 0.3 is 11.9 Å². The number of hydrazine groups is 1. The number of hydrogen-bond donors (Lipinski definition) is 3. The number of rotatable bonds is 15. The van der Waals surface area contributed by atoms with E-state index < -0.39 is 45.3 Å². The van der Waals surface area contributed by atoms with Gasteiger partial charge in [-0.1, -0.05) is 44.5 Å². The van der Waals surface area contributed by atoms with E-state index in [1.54, 1.807) is 38.2 Å². The molecule has 0 fully saturated rings. The molecule has 3 N–H and O–H groups in total. The second kappa shape index (κ2) is 13.7. The van der Waals surface area contributed by atoms with Gasteiger partial charge in [0.05, 0.1) is 23.5 Å². The first-order valence-electron chi connectivity index (χ1n) is 11.9. The second-order valence-corrected chi connectivity index (χ2v) is 12.1. The molecule has 36 heavy (non-hydrogen) atoms. The molecule has 1 aromatic rings. The first kappa shape index (κ1) is 31.5. The van der Waals surface area contributed by atoms with E-state index in [0.29, 0.717) is 30.4 Å². The highest BCUT2D eigenvalue weighted by Gasteiger charge is 2.36. The molecule has 1 aromatic carbocycles. The summed E-state index contributed by atoms with van der Waals surface area (Å²) >= 11 is 0. The van der Waals surface area contributed by atoms with E-state index in [4.69, 9.17) is 14.6 Å². The lowest BCUT2D eigenvalue weighted by Gasteiger charge is -2.32. The number of amides is 1. The topological polar surface area (TPSA) is 148 Å². The van der Waals surface area contributed by atoms with Crippen molar-refractivity contribution in [2.24, 2.45) is 5.41 Å². The predicted octanol–water partition coefficient (Wildman–Crippen LogP) is 1.97. The molecule has 204 valence electrons. The highest BCUT2D eigenvalue weighted by Crippen LogP contribution is 2.35. The maximum absolute atomic E-state index is 13.2. The molecule has 11 heteroatoms. The summed E-state index contributed by atoms with van der Waals surface area (Å²) < 4.78 is 34.8. The van der Waals surface area contributed by atoms with E-state index in [0.717, 1.165) is 0 Å². The fourth-order valence-electron chi connectivity index (χ4n) is 4.11. The van der Waals surface area contributed by atoms with Crippen LogP contribution >= 0.6 is 0 Å². The molecule has 2 atom stereocenters. The molecular formula is C25H40N2O8S. The standard InChI is InChI=1S/C25H40N2O8S/c1-18(29)34-16-22(35-19(2)30)20-9-7-10-21(15-20)25(5,23(31)27-26-6)12-8-11-24(3,4)17-36(32,33)14-13-28/h7,9-10,15,22,26,28H,8,11-14,16-17H2,1-6H3,(H,27,31)/t22-,25-/m1/s1. The van der Waals surface area contributed by atoms with Crippen molar-refractivity contribution in [1.82, 2.24) is 10.9 Å². The van der Waals surface area contributed by atoms with Crippen LogP contribution in [0, 0.1) is 5.41 Å². The third-order valence-electron chi connectivity index (χ3n) is 5.92. The molecule has 0 aliphatic heterocycles. The second-order valence-electron chi connectivity index (χ2n) is 9.90. The van der Waals surface area contributed by atoms with Crippen LogP contribution in [0.5, 0.6) is 0 Å². The van der Waals surface area contributed by atoms with Crippen LogP contribution in [0.25, 0.3) is 0 Å². The molecule has 0 radical (unpaired) electrons. The van der Waals surface area contributed by atoms with Gasteiger partial charge in [-0.05, 0) is 36.3 Å². The van der Waals surface area contributed by atoms with Crippen LogP contribution < -0.4 is 10.9 Å². The summed E-state index contributed by atoms with van der Waals surface area (Å²) in [6.07, 6.45) is 0.678. The molecule has 0 aliphatic rings. The van der Waals surface area contributed by atoms with Crippen molar-refractivity contribution in [3.63, 3.8) is 0 Å². The number of nitrogens with one attached hydrogen (secondary N) is 2. The number of hydrogen-bond acceptors (Lipinski definition) is 9. The van der Waals surface area contributed by atoms with Crippen LogP contribution in [-0.4, -0.2) is 63.1 Å². The molecule has 0 spiro atoms. The zero-order valence-electron chi connectivity index (χ0n) is 22.0. The molecule has 0 unspecified atom stereocenters. The molecule has 0 heterocycles. The lowest BCUT2D eigenvalue weighted by molar-refractivity contribution is -0.156. The Morgan fingerprint density at radius 1 is 1.08 bits per heavy atom. The SMILES string of the molecule is CNNC(=O)[C@](C)(CCCC(C)(C)CS(=O)(=O)CCO)c1cccc([C@@H](COC(C)=O)OC(C)=O)c1. The van der Waals surface area contributed by atoms with Gasteiger partial charge in [0, 0.05) is 20.9 Å². The first-order valence-corrected chi connectivity index (χ1v) is 13.7. The molecule has 0 saturated heterocycles. The summed E-state index contributed by atoms with van der Waals surface area (Å²) in [7, 11) is -1.80. The summed E-state index contributed by atoms with van der Waals surface area (Å²) in [5.41, 5.74) is 5.00. The third kappa shape index (κ3) is 10.2. The fraction of sp³-hybridized carbons (Fsp3) is 0.640. The molecule has 0 aliphatic carbocycles. The number of aliphatic hydroxyl groups excluding tert-OH is 1. The van der Waals surface area contributed by atoms with Crippen molar-refractivity contribution in [3.8, 4) is 0 Å². The summed E-state index contributed by atoms with van der Waals surface area (Å²) in [6.45, 7) is 7.45. The van der Waals surface area contributed by atoms with Crippen molar-refractivity contribution in [1.29, 1.82) is 0 Å². The quantitative estimate of drug-likeness (QED) is 0.229. The maximum atomic E-state index is 13.2. The van der Waals surface area contributed by atoms with Gasteiger partial charge in [0.25, 0.3) is 0 Å². The van der Waals surface area contributed by atoms with E-state index in [2.05, 4.69) is 10.9 Å². The summed E-state index contributed by atoms with van der Waals surface area (Å²) in [5.74, 6) is -1.66. The molecule has 0 bridgehead atoms. The Morgan fingerprint density at radius 2 is 1.75 bits per heavy atom. The van der Waals surface area contributed by atoms with Crippen LogP contribution in [0.15, 0.2) is 24.3 Å². The number of sulfone groups is 1. The molecule has 10 nitrogen and oxygen atoms in total. The number of carbonyl (C=O) groups excluding carboxylic acids is 3. The van der Waals surface area contributed by atoms with E-state index in [9.17, 15) is 22.8 Å². The first-order chi connectivity index (χ1) is 16.7. The van der Waals surface area contributed by atoms with Crippen molar-refractivity contribution >= 4 is 27.7 Å². The molecule has 1 rings (SSSR count). The Bertz CT molecular complexity index is 1010. The summed E-state index contributed by atoms with van der Waals surface area (Å²) in [5, 5.41) is 9.01. The summed E-state index contributed by atoms with van der Waals surface area (Å²) in [6, 6.07) is 7.02. The zero-order valence-corrected chi connectivity index (χ0v) is 22.9. The van der Waals surface area contributed by atoms with Crippen LogP contribution in [0.4, 0.5) is 0 Å². The minimum atomic E-state index is -3.39. The Morgan fingerprint density at radius 3 is 2.31 bits per heavy atom. The lowest BCUT2D eigenvalue weighted by atomic mass is 9.75. The molecular weight excluding hydrogens is 488 g/mol. The zero-order chi connectivity index (χ0) is 27.6. The fourth-order valence-corrected chi connectivity index (χ4v) is 5.87. The highest BCUT2D eigenvalue weighted by molar-refractivity contribution is 7.91. The van der Waals surface area contributed by atoms with Crippen LogP contribution in [-0.2, 0) is 39.1 Å². The van der Waals surface area contributed by atoms with Gasteiger partial charge in [0.15, 0.2) is 15.9 Å². The Hall–Kier alpha value is -2.50. The number of esters is 2. The highest BCUT2D eigenvalue weighted by atomic mass is 32.2. The Kier molecular flexibility index (Phi) is 12.0. The van der Waals surface area contributed by atoms with Gasteiger partial charge in [0.1, 0.15) is 6.61 Å². The third-order valence-corrected chi connectivity index (χ3v) is 7.95. The van der Waals surface area contributed by atoms with Crippen molar-refractivity contribution in [2.45, 2.75) is 65.4 Å². The molecule has 1 amide bonds. The lowest BCUT2D eigenvalue weighted by Crippen LogP contribution is -2.47. The van der Waals surface area contributed by atoms with Crippen molar-refractivity contribution in [3.05, 3.63) is 35.4 Å². The van der Waals surface area contributed by atoms with Crippen LogP contribution in [0.3, 0.4) is 0 Å². The van der Waals surface area contributed by atoms with Gasteiger partial charge in [-0.2, -0.15) is 0 Å². The Balaban J connectivity index is 3.21. The van der Waals surface area contributed by atoms with Gasteiger partial charge in [-0.25, -0.2) is 13.8 Å². The van der Waals surface area contributed by atoms with Gasteiger partial charge in [-0.3, -0.25) is 19.8 Å². The van der Waals surface area contributed by atoms with Crippen molar-refractivity contribution < 1.29 is 37.4 Å². The molecule has 0 aromatic heterocycles. The molecule has 0 saturated carbocycles. The van der Waals surface area contributed by atoms with E-state index in [1.807, 2.05) is 13.8 Å². The van der Waals surface area contributed by atoms with Gasteiger partial charge < -0.3 is 14.6 Å². The van der Waals surface area contributed by atoms with Gasteiger partial charge in [0.2, 0.25) is 5.91 Å². The average molecular weight is 529 g/mol. The van der Waals surface area contributed by atoms with Crippen molar-refractivity contribution in [2.75, 3.05) is 31.8 Å². The normalized spacial score (nSPS) is 14.4. The monoisotopic (exact) mass is 528 g/mol. The van der Waals surface area contributed by atoms with E-state index in [-0.39, 0.29) is 24.0 Å². The number of aliphatic hydroxyl groups is 1. The van der Waals surface area contributed by atoms with Gasteiger partial charge in [-0.15, -0.1) is 0 Å².